The molecule has 0 aliphatic heterocycles. The smallest absolute Gasteiger partial charge is 0.105 e. The summed E-state index contributed by atoms with van der Waals surface area (Å²) in [7, 11) is 0. The second-order valence-electron chi connectivity index (χ2n) is 1.70. The van der Waals surface area contributed by atoms with Gasteiger partial charge in [0, 0.05) is 18.0 Å². The fourth-order valence-corrected chi connectivity index (χ4v) is 0.629. The monoisotopic (exact) mass is 214 g/mol. The summed E-state index contributed by atoms with van der Waals surface area (Å²) >= 11 is 8.40. The summed E-state index contributed by atoms with van der Waals surface area (Å²) in [5.41, 5.74) is 6.12. The number of rotatable bonds is 1. The van der Waals surface area contributed by atoms with E-state index in [4.69, 9.17) is 23.2 Å². The van der Waals surface area contributed by atoms with Crippen LogP contribution >= 0.6 is 12.2 Å². The molecule has 0 bridgehead atoms. The lowest BCUT2D eigenvalue weighted by atomic mass is 10.3. The molecule has 6 N–H and O–H groups in total. The molecule has 13 heavy (non-hydrogen) atoms. The van der Waals surface area contributed by atoms with Crippen LogP contribution in [0.5, 0.6) is 0 Å². The van der Waals surface area contributed by atoms with Gasteiger partial charge in [-0.15, -0.1) is 0 Å². The van der Waals surface area contributed by atoms with Gasteiger partial charge in [-0.05, 0) is 12.1 Å². The summed E-state index contributed by atoms with van der Waals surface area (Å²) in [6, 6.07) is 3.63. The Morgan fingerprint density at radius 2 is 2.23 bits per heavy atom. The summed E-state index contributed by atoms with van der Waals surface area (Å²) in [6.07, 6.45) is 3.32. The molecule has 0 aliphatic rings. The van der Waals surface area contributed by atoms with Gasteiger partial charge < -0.3 is 24.5 Å². The first-order valence-electron chi connectivity index (χ1n) is 2.93. The zero-order valence-corrected chi connectivity index (χ0v) is 8.73. The second-order valence-corrected chi connectivity index (χ2v) is 2.32. The number of hydrogen-bond acceptors (Lipinski definition) is 4. The van der Waals surface area contributed by atoms with Crippen molar-refractivity contribution in [2.24, 2.45) is 5.73 Å². The second kappa shape index (κ2) is 8.80. The standard InChI is InChI=1S/C6H6N2S.CHNS.H3N/c7-6(9)5-2-1-3-8-4-5;2-1-3;/h1-4H,(H2,7,9);3H;1H3. The van der Waals surface area contributed by atoms with Crippen molar-refractivity contribution in [3.63, 3.8) is 0 Å². The fraction of sp³-hybridized carbons (Fsp3) is 0. The van der Waals surface area contributed by atoms with Crippen molar-refractivity contribution in [3.05, 3.63) is 30.1 Å². The third-order valence-corrected chi connectivity index (χ3v) is 1.18. The summed E-state index contributed by atoms with van der Waals surface area (Å²) in [6.45, 7) is 0. The maximum Gasteiger partial charge on any atom is 0.105 e. The molecule has 0 aromatic carbocycles. The highest BCUT2D eigenvalue weighted by Gasteiger charge is 1.90. The molecule has 0 amide bonds. The average Bonchev–Trinajstić information content (AvgIpc) is 2.07. The molecule has 0 atom stereocenters. The van der Waals surface area contributed by atoms with Gasteiger partial charge in [0.25, 0.3) is 0 Å². The number of nitrogens with zero attached hydrogens (tertiary/aromatic N) is 2. The van der Waals surface area contributed by atoms with Gasteiger partial charge >= 0.3 is 0 Å². The van der Waals surface area contributed by atoms with Crippen LogP contribution in [0.25, 0.3) is 0 Å². The molecule has 1 heterocycles. The molecule has 0 spiro atoms. The molecule has 1 aromatic rings. The van der Waals surface area contributed by atoms with Gasteiger partial charge in [-0.2, -0.15) is 0 Å². The lowest BCUT2D eigenvalue weighted by Crippen LogP contribution is -2.08. The molecular formula is C7H10N4S2. The molecule has 0 saturated carbocycles. The molecule has 6 heteroatoms. The molecule has 0 fully saturated rings. The van der Waals surface area contributed by atoms with Crippen LogP contribution < -0.4 is 11.9 Å². The van der Waals surface area contributed by atoms with Gasteiger partial charge in [0.2, 0.25) is 0 Å². The molecule has 0 aliphatic carbocycles. The largest absolute Gasteiger partial charge is 0.696 e. The SMILES string of the molecule is N#C[S-].NC(=S)c1cccnc1.[NH4+]. The predicted octanol–water partition coefficient (Wildman–Crippen LogP) is 1.11. The quantitative estimate of drug-likeness (QED) is 0.414. The molecule has 0 radical (unpaired) electrons. The van der Waals surface area contributed by atoms with Crippen LogP contribution in [0.1, 0.15) is 5.56 Å². The zero-order chi connectivity index (χ0) is 9.40. The summed E-state index contributed by atoms with van der Waals surface area (Å²) in [5, 5.41) is 8.47. The maximum atomic E-state index is 7.13. The van der Waals surface area contributed by atoms with Crippen LogP contribution in [0.15, 0.2) is 24.5 Å². The number of thiocarbonyl (C=S) groups is 1. The van der Waals surface area contributed by atoms with E-state index in [0.29, 0.717) is 4.99 Å². The zero-order valence-electron chi connectivity index (χ0n) is 7.10. The van der Waals surface area contributed by atoms with Crippen molar-refractivity contribution in [2.75, 3.05) is 0 Å². The number of pyridine rings is 1. The van der Waals surface area contributed by atoms with E-state index in [0.717, 1.165) is 5.56 Å². The Morgan fingerprint density at radius 3 is 2.46 bits per heavy atom. The average molecular weight is 214 g/mol. The lowest BCUT2D eigenvalue weighted by molar-refractivity contribution is 1.32. The Labute approximate surface area is 87.8 Å². The van der Waals surface area contributed by atoms with Crippen LogP contribution in [0, 0.1) is 10.7 Å². The number of hydrogen-bond donors (Lipinski definition) is 2. The Morgan fingerprint density at radius 1 is 1.69 bits per heavy atom. The topological polar surface area (TPSA) is 99.2 Å². The summed E-state index contributed by atoms with van der Waals surface area (Å²) < 4.78 is 0. The third-order valence-electron chi connectivity index (χ3n) is 0.946. The van der Waals surface area contributed by atoms with Crippen molar-refractivity contribution in [1.29, 1.82) is 5.26 Å². The first kappa shape index (κ1) is 14.2. The highest BCUT2D eigenvalue weighted by Crippen LogP contribution is 1.92. The van der Waals surface area contributed by atoms with Crippen LogP contribution in [-0.4, -0.2) is 9.97 Å². The van der Waals surface area contributed by atoms with E-state index >= 15 is 0 Å². The van der Waals surface area contributed by atoms with Gasteiger partial charge in [-0.25, -0.2) is 5.26 Å². The molecule has 1 aromatic heterocycles. The molecule has 0 saturated heterocycles. The van der Waals surface area contributed by atoms with Crippen LogP contribution in [0.4, 0.5) is 0 Å². The van der Waals surface area contributed by atoms with Crippen LogP contribution in [-0.2, 0) is 12.6 Å². The van der Waals surface area contributed by atoms with Crippen molar-refractivity contribution in [3.8, 4) is 5.40 Å². The number of nitrogens with two attached hydrogens (primary N) is 1. The molecule has 70 valence electrons. The van der Waals surface area contributed by atoms with Gasteiger partial charge in [0.05, 0.1) is 0 Å². The number of nitriles is 1. The van der Waals surface area contributed by atoms with Crippen molar-refractivity contribution in [2.45, 2.75) is 0 Å². The Bertz CT molecular complexity index is 280. The van der Waals surface area contributed by atoms with Crippen LogP contribution in [0.2, 0.25) is 0 Å². The maximum absolute atomic E-state index is 7.13. The normalized spacial score (nSPS) is 6.69. The lowest BCUT2D eigenvalue weighted by Gasteiger charge is -1.92. The number of thiocyanates is 1. The minimum Gasteiger partial charge on any atom is -0.696 e. The van der Waals surface area contributed by atoms with Crippen molar-refractivity contribution in [1.82, 2.24) is 11.1 Å². The van der Waals surface area contributed by atoms with Crippen molar-refractivity contribution < 1.29 is 0 Å². The Kier molecular flexibility index (Phi) is 9.65. The Balaban J connectivity index is 0. The van der Waals surface area contributed by atoms with Gasteiger partial charge in [0.15, 0.2) is 0 Å². The molecule has 0 unspecified atom stereocenters. The van der Waals surface area contributed by atoms with E-state index in [1.807, 2.05) is 6.07 Å². The summed E-state index contributed by atoms with van der Waals surface area (Å²) in [4.78, 5) is 4.23. The summed E-state index contributed by atoms with van der Waals surface area (Å²) in [5.74, 6) is 0. The highest BCUT2D eigenvalue weighted by atomic mass is 32.1. The van der Waals surface area contributed by atoms with Gasteiger partial charge in [-0.3, -0.25) is 4.98 Å². The van der Waals surface area contributed by atoms with E-state index in [2.05, 4.69) is 17.6 Å². The minimum atomic E-state index is 0. The highest BCUT2D eigenvalue weighted by molar-refractivity contribution is 7.80. The number of aromatic nitrogens is 1. The fourth-order valence-electron chi connectivity index (χ4n) is 0.509. The Hall–Kier alpha value is -1.29. The van der Waals surface area contributed by atoms with Gasteiger partial charge in [-0.1, -0.05) is 17.6 Å². The molecule has 1 rings (SSSR count). The third kappa shape index (κ3) is 7.08. The molecule has 4 nitrogen and oxygen atoms in total. The van der Waals surface area contributed by atoms with E-state index in [-0.39, 0.29) is 6.15 Å². The van der Waals surface area contributed by atoms with Crippen molar-refractivity contribution >= 4 is 29.8 Å². The minimum absolute atomic E-state index is 0. The predicted molar refractivity (Wildman–Crippen MR) is 59.1 cm³/mol. The first-order chi connectivity index (χ1) is 5.72. The molecular weight excluding hydrogens is 204 g/mol. The van der Waals surface area contributed by atoms with E-state index in [9.17, 15) is 0 Å². The van der Waals surface area contributed by atoms with Gasteiger partial charge in [0.1, 0.15) is 4.99 Å². The van der Waals surface area contributed by atoms with Crippen LogP contribution in [0.3, 0.4) is 0 Å². The van der Waals surface area contributed by atoms with E-state index < -0.39 is 0 Å². The van der Waals surface area contributed by atoms with E-state index in [1.54, 1.807) is 18.5 Å². The number of quaternary nitrogens is 1. The first-order valence-corrected chi connectivity index (χ1v) is 3.75. The van der Waals surface area contributed by atoms with E-state index in [1.165, 1.54) is 5.40 Å².